The highest BCUT2D eigenvalue weighted by Crippen LogP contribution is 2.15. The molecule has 0 aliphatic carbocycles. The van der Waals surface area contributed by atoms with Crippen LogP contribution in [-0.2, 0) is 0 Å². The van der Waals surface area contributed by atoms with Gasteiger partial charge in [0.15, 0.2) is 0 Å². The molecule has 1 heterocycles. The second kappa shape index (κ2) is 7.12. The Bertz CT molecular complexity index is 693. The van der Waals surface area contributed by atoms with Crippen LogP contribution in [0.15, 0.2) is 36.9 Å². The van der Waals surface area contributed by atoms with Crippen LogP contribution in [-0.4, -0.2) is 27.6 Å². The van der Waals surface area contributed by atoms with Crippen molar-refractivity contribution in [1.82, 2.24) is 9.97 Å². The zero-order valence-electron chi connectivity index (χ0n) is 11.0. The molecule has 5 nitrogen and oxygen atoms in total. The zero-order chi connectivity index (χ0) is 15.1. The molecular weight excluding hydrogens is 273 g/mol. The average molecular weight is 285 g/mol. The molecule has 0 atom stereocenters. The van der Waals surface area contributed by atoms with Gasteiger partial charge in [-0.25, -0.2) is 14.4 Å². The number of halogens is 1. The second-order valence-electron chi connectivity index (χ2n) is 4.05. The number of amides is 1. The van der Waals surface area contributed by atoms with Crippen molar-refractivity contribution in [3.8, 4) is 11.8 Å². The number of nitrogens with one attached hydrogen (secondary N) is 1. The fourth-order valence-electron chi connectivity index (χ4n) is 1.53. The highest BCUT2D eigenvalue weighted by atomic mass is 19.1. The number of anilines is 1. The van der Waals surface area contributed by atoms with Gasteiger partial charge in [0.1, 0.15) is 12.1 Å². The molecule has 0 aliphatic rings. The first-order valence-electron chi connectivity index (χ1n) is 6.16. The maximum atomic E-state index is 13.6. The van der Waals surface area contributed by atoms with Gasteiger partial charge in [-0.15, -0.1) is 0 Å². The average Bonchev–Trinajstić information content (AvgIpc) is 2.51. The van der Waals surface area contributed by atoms with Crippen molar-refractivity contribution in [2.75, 3.05) is 11.9 Å². The summed E-state index contributed by atoms with van der Waals surface area (Å²) in [5, 5.41) is 11.3. The third-order valence-electron chi connectivity index (χ3n) is 2.51. The van der Waals surface area contributed by atoms with Gasteiger partial charge < -0.3 is 10.4 Å². The number of aliphatic hydroxyl groups is 1. The molecule has 1 aromatic heterocycles. The fraction of sp³-hybridized carbons (Fsp3) is 0.133. The van der Waals surface area contributed by atoms with Crippen LogP contribution >= 0.6 is 0 Å². The number of aliphatic hydroxyl groups excluding tert-OH is 1. The minimum absolute atomic E-state index is 0.0843. The minimum atomic E-state index is -0.485. The molecule has 0 fully saturated rings. The highest BCUT2D eigenvalue weighted by molar-refractivity contribution is 6.03. The van der Waals surface area contributed by atoms with Crippen molar-refractivity contribution in [2.45, 2.75) is 6.42 Å². The summed E-state index contributed by atoms with van der Waals surface area (Å²) >= 11 is 0. The number of aromatic nitrogens is 2. The van der Waals surface area contributed by atoms with E-state index in [9.17, 15) is 9.18 Å². The standard InChI is InChI=1S/C15H12FN3O2/c16-14-5-4-13(7-11(14)3-1-2-6-20)19-15(21)12-8-17-10-18-9-12/h4-5,7-10,20H,2,6H2,(H,19,21). The van der Waals surface area contributed by atoms with Gasteiger partial charge in [-0.1, -0.05) is 11.8 Å². The smallest absolute Gasteiger partial charge is 0.258 e. The Kier molecular flexibility index (Phi) is 4.96. The summed E-state index contributed by atoms with van der Waals surface area (Å²) in [6.45, 7) is -0.0843. The van der Waals surface area contributed by atoms with Crippen LogP contribution in [0.1, 0.15) is 22.3 Å². The van der Waals surface area contributed by atoms with Crippen molar-refractivity contribution in [1.29, 1.82) is 0 Å². The molecular formula is C15H12FN3O2. The van der Waals surface area contributed by atoms with E-state index >= 15 is 0 Å². The van der Waals surface area contributed by atoms with E-state index in [1.807, 2.05) is 0 Å². The van der Waals surface area contributed by atoms with Gasteiger partial charge in [0.2, 0.25) is 0 Å². The largest absolute Gasteiger partial charge is 0.395 e. The van der Waals surface area contributed by atoms with E-state index in [2.05, 4.69) is 27.1 Å². The normalized spacial score (nSPS) is 9.62. The number of rotatable bonds is 3. The van der Waals surface area contributed by atoms with Gasteiger partial charge in [0, 0.05) is 24.5 Å². The lowest BCUT2D eigenvalue weighted by Gasteiger charge is -2.05. The molecule has 0 saturated heterocycles. The number of carbonyl (C=O) groups is 1. The van der Waals surface area contributed by atoms with Crippen LogP contribution in [0.4, 0.5) is 10.1 Å². The molecule has 1 amide bonds. The molecule has 0 spiro atoms. The van der Waals surface area contributed by atoms with E-state index in [0.29, 0.717) is 11.3 Å². The number of hydrogen-bond acceptors (Lipinski definition) is 4. The Hall–Kier alpha value is -2.78. The molecule has 0 saturated carbocycles. The predicted octanol–water partition coefficient (Wildman–Crippen LogP) is 1.60. The Morgan fingerprint density at radius 3 is 2.81 bits per heavy atom. The van der Waals surface area contributed by atoms with Crippen LogP contribution in [0.25, 0.3) is 0 Å². The van der Waals surface area contributed by atoms with Crippen molar-refractivity contribution in [3.05, 3.63) is 53.9 Å². The molecule has 106 valence electrons. The Labute approximate surface area is 120 Å². The summed E-state index contributed by atoms with van der Waals surface area (Å²) < 4.78 is 13.6. The van der Waals surface area contributed by atoms with E-state index < -0.39 is 11.7 Å². The van der Waals surface area contributed by atoms with Gasteiger partial charge in [-0.05, 0) is 18.2 Å². The van der Waals surface area contributed by atoms with E-state index in [4.69, 9.17) is 5.11 Å². The quantitative estimate of drug-likeness (QED) is 0.840. The third-order valence-corrected chi connectivity index (χ3v) is 2.51. The number of hydrogen-bond donors (Lipinski definition) is 2. The van der Waals surface area contributed by atoms with Crippen LogP contribution in [0.3, 0.4) is 0 Å². The Morgan fingerprint density at radius 1 is 1.33 bits per heavy atom. The molecule has 0 bridgehead atoms. The van der Waals surface area contributed by atoms with Crippen LogP contribution in [0.2, 0.25) is 0 Å². The lowest BCUT2D eigenvalue weighted by molar-refractivity contribution is 0.102. The van der Waals surface area contributed by atoms with E-state index in [1.165, 1.54) is 36.9 Å². The van der Waals surface area contributed by atoms with E-state index in [-0.39, 0.29) is 18.6 Å². The lowest BCUT2D eigenvalue weighted by Crippen LogP contribution is -2.12. The molecule has 0 radical (unpaired) electrons. The number of benzene rings is 1. The Balaban J connectivity index is 2.16. The van der Waals surface area contributed by atoms with Crippen molar-refractivity contribution in [2.24, 2.45) is 0 Å². The van der Waals surface area contributed by atoms with Crippen molar-refractivity contribution < 1.29 is 14.3 Å². The van der Waals surface area contributed by atoms with Crippen molar-refractivity contribution in [3.63, 3.8) is 0 Å². The van der Waals surface area contributed by atoms with Gasteiger partial charge in [-0.2, -0.15) is 0 Å². The first-order chi connectivity index (χ1) is 10.2. The van der Waals surface area contributed by atoms with Crippen LogP contribution in [0.5, 0.6) is 0 Å². The first kappa shape index (κ1) is 14.6. The van der Waals surface area contributed by atoms with Crippen LogP contribution < -0.4 is 5.32 Å². The third kappa shape index (κ3) is 4.09. The SMILES string of the molecule is O=C(Nc1ccc(F)c(C#CCCO)c1)c1cncnc1. The molecule has 2 aromatic rings. The van der Waals surface area contributed by atoms with E-state index in [1.54, 1.807) is 0 Å². The maximum absolute atomic E-state index is 13.6. The Morgan fingerprint density at radius 2 is 2.10 bits per heavy atom. The maximum Gasteiger partial charge on any atom is 0.258 e. The predicted molar refractivity (Wildman–Crippen MR) is 75.0 cm³/mol. The summed E-state index contributed by atoms with van der Waals surface area (Å²) in [7, 11) is 0. The summed E-state index contributed by atoms with van der Waals surface area (Å²) in [4.78, 5) is 19.4. The molecule has 21 heavy (non-hydrogen) atoms. The monoisotopic (exact) mass is 285 g/mol. The second-order valence-corrected chi connectivity index (χ2v) is 4.05. The topological polar surface area (TPSA) is 75.1 Å². The zero-order valence-corrected chi connectivity index (χ0v) is 11.0. The van der Waals surface area contributed by atoms with Crippen molar-refractivity contribution >= 4 is 11.6 Å². The highest BCUT2D eigenvalue weighted by Gasteiger charge is 2.08. The minimum Gasteiger partial charge on any atom is -0.395 e. The van der Waals surface area contributed by atoms with Gasteiger partial charge >= 0.3 is 0 Å². The van der Waals surface area contributed by atoms with Gasteiger partial charge in [0.25, 0.3) is 5.91 Å². The lowest BCUT2D eigenvalue weighted by atomic mass is 10.1. The van der Waals surface area contributed by atoms with E-state index in [0.717, 1.165) is 0 Å². The summed E-state index contributed by atoms with van der Waals surface area (Å²) in [6, 6.07) is 4.09. The first-order valence-corrected chi connectivity index (χ1v) is 6.16. The van der Waals surface area contributed by atoms with Gasteiger partial charge in [0.05, 0.1) is 17.7 Å². The summed E-state index contributed by atoms with van der Waals surface area (Å²) in [5.41, 5.74) is 0.874. The fourth-order valence-corrected chi connectivity index (χ4v) is 1.53. The van der Waals surface area contributed by atoms with Gasteiger partial charge in [-0.3, -0.25) is 4.79 Å². The molecule has 1 aromatic carbocycles. The molecule has 0 unspecified atom stereocenters. The number of carbonyl (C=O) groups excluding carboxylic acids is 1. The molecule has 2 N–H and O–H groups in total. The molecule has 0 aliphatic heterocycles. The summed E-state index contributed by atoms with van der Waals surface area (Å²) in [5.74, 6) is 4.36. The van der Waals surface area contributed by atoms with Crippen LogP contribution in [0, 0.1) is 17.7 Å². The summed E-state index contributed by atoms with van der Waals surface area (Å²) in [6.07, 6.45) is 4.35. The number of nitrogens with zero attached hydrogens (tertiary/aromatic N) is 2. The molecule has 6 heteroatoms. The molecule has 2 rings (SSSR count).